The third-order valence-electron chi connectivity index (χ3n) is 8.62. The lowest BCUT2D eigenvalue weighted by atomic mass is 9.88. The van der Waals surface area contributed by atoms with Gasteiger partial charge < -0.3 is 23.5 Å². The number of hydrogen-bond donors (Lipinski definition) is 1. The lowest BCUT2D eigenvalue weighted by Crippen LogP contribution is -2.35. The van der Waals surface area contributed by atoms with Gasteiger partial charge in [0.2, 0.25) is 5.90 Å². The Labute approximate surface area is 249 Å². The number of piperidine rings is 1. The molecule has 0 spiro atoms. The minimum atomic E-state index is -0.150. The summed E-state index contributed by atoms with van der Waals surface area (Å²) in [4.78, 5) is 11.9. The van der Waals surface area contributed by atoms with E-state index in [0.29, 0.717) is 23.2 Å². The van der Waals surface area contributed by atoms with Gasteiger partial charge in [-0.25, -0.2) is 9.97 Å². The van der Waals surface area contributed by atoms with Gasteiger partial charge in [0.25, 0.3) is 0 Å². The van der Waals surface area contributed by atoms with Gasteiger partial charge in [0, 0.05) is 17.2 Å². The number of imidazole rings is 1. The molecule has 3 aliphatic rings. The Morgan fingerprint density at radius 3 is 2.67 bits per heavy atom. The number of fused-ring (bicyclic) bond motifs is 2. The second-order valence-corrected chi connectivity index (χ2v) is 11.6. The summed E-state index contributed by atoms with van der Waals surface area (Å²) in [7, 11) is 1.48. The van der Waals surface area contributed by atoms with Gasteiger partial charge in [-0.1, -0.05) is 35.9 Å². The predicted molar refractivity (Wildman–Crippen MR) is 160 cm³/mol. The Bertz CT molecular complexity index is 1590. The van der Waals surface area contributed by atoms with Crippen molar-refractivity contribution in [2.24, 2.45) is 0 Å². The number of hydrogen-bond acceptors (Lipinski definition) is 8. The number of pyridine rings is 1. The van der Waals surface area contributed by atoms with Crippen LogP contribution in [0.15, 0.2) is 54.7 Å². The number of methoxy groups -OCH3 is 1. The van der Waals surface area contributed by atoms with E-state index in [2.05, 4.69) is 26.6 Å². The zero-order valence-corrected chi connectivity index (χ0v) is 24.3. The van der Waals surface area contributed by atoms with Gasteiger partial charge in [0.1, 0.15) is 18.1 Å². The Hall–Kier alpha value is -3.66. The second-order valence-electron chi connectivity index (χ2n) is 11.2. The number of likely N-dealkylation sites (tertiary alicyclic amines) is 1. The quantitative estimate of drug-likeness (QED) is 0.218. The molecule has 0 bridgehead atoms. The molecule has 0 saturated carbocycles. The minimum absolute atomic E-state index is 0.0374. The summed E-state index contributed by atoms with van der Waals surface area (Å²) in [5.41, 5.74) is 4.57. The number of benzene rings is 2. The number of nitrogens with zero attached hydrogens (tertiary/aromatic N) is 4. The first-order valence-electron chi connectivity index (χ1n) is 14.6. The monoisotopic (exact) mass is 587 g/mol. The average Bonchev–Trinajstić information content (AvgIpc) is 3.34. The fourth-order valence-corrected chi connectivity index (χ4v) is 6.28. The SMILES string of the molecule is COC(=N)c1cc2nc(CN3CCC(c4cccc5c4OC[C@@H](c4ccc(Cl)cc4)O5)CC3)n(C[C@@H]3CCO3)c2cn1. The van der Waals surface area contributed by atoms with Crippen LogP contribution in [0, 0.1) is 5.41 Å². The fourth-order valence-electron chi connectivity index (χ4n) is 6.15. The molecular formula is C32H34ClN5O4. The summed E-state index contributed by atoms with van der Waals surface area (Å²) in [5.74, 6) is 3.14. The molecule has 218 valence electrons. The number of aromatic nitrogens is 3. The van der Waals surface area contributed by atoms with Gasteiger partial charge >= 0.3 is 0 Å². The first kappa shape index (κ1) is 27.2. The van der Waals surface area contributed by atoms with Crippen LogP contribution in [-0.2, 0) is 22.6 Å². The molecule has 2 aromatic carbocycles. The Morgan fingerprint density at radius 2 is 1.93 bits per heavy atom. The van der Waals surface area contributed by atoms with Gasteiger partial charge in [-0.05, 0) is 68.1 Å². The molecule has 3 aliphatic heterocycles. The third kappa shape index (κ3) is 5.32. The van der Waals surface area contributed by atoms with Crippen molar-refractivity contribution in [3.63, 3.8) is 0 Å². The summed E-state index contributed by atoms with van der Waals surface area (Å²) in [6.07, 6.45) is 4.97. The van der Waals surface area contributed by atoms with Crippen molar-refractivity contribution in [1.29, 1.82) is 5.41 Å². The highest BCUT2D eigenvalue weighted by molar-refractivity contribution is 6.30. The molecule has 2 aromatic heterocycles. The Kier molecular flexibility index (Phi) is 7.48. The van der Waals surface area contributed by atoms with Crippen LogP contribution in [0.5, 0.6) is 11.5 Å². The molecule has 5 heterocycles. The van der Waals surface area contributed by atoms with Crippen molar-refractivity contribution in [2.75, 3.05) is 33.4 Å². The van der Waals surface area contributed by atoms with Crippen molar-refractivity contribution in [3.8, 4) is 11.5 Å². The Morgan fingerprint density at radius 1 is 1.12 bits per heavy atom. The van der Waals surface area contributed by atoms with E-state index < -0.39 is 0 Å². The van der Waals surface area contributed by atoms with E-state index in [9.17, 15) is 0 Å². The highest BCUT2D eigenvalue weighted by Crippen LogP contribution is 2.44. The van der Waals surface area contributed by atoms with E-state index >= 15 is 0 Å². The topological polar surface area (TPSA) is 94.7 Å². The summed E-state index contributed by atoms with van der Waals surface area (Å²) in [5, 5.41) is 8.72. The first-order valence-corrected chi connectivity index (χ1v) is 14.9. The first-order chi connectivity index (χ1) is 20.6. The molecule has 2 saturated heterocycles. The van der Waals surface area contributed by atoms with Crippen LogP contribution in [-0.4, -0.2) is 64.8 Å². The van der Waals surface area contributed by atoms with E-state index in [1.54, 1.807) is 6.20 Å². The maximum atomic E-state index is 8.01. The molecule has 0 unspecified atom stereocenters. The molecule has 2 fully saturated rings. The largest absolute Gasteiger partial charge is 0.485 e. The van der Waals surface area contributed by atoms with E-state index in [-0.39, 0.29) is 18.1 Å². The van der Waals surface area contributed by atoms with Crippen LogP contribution in [0.4, 0.5) is 0 Å². The molecule has 4 aromatic rings. The van der Waals surface area contributed by atoms with E-state index in [1.165, 1.54) is 12.7 Å². The number of para-hydroxylation sites is 1. The fraction of sp³-hybridized carbons (Fsp3) is 0.406. The van der Waals surface area contributed by atoms with Gasteiger partial charge in [-0.3, -0.25) is 10.3 Å². The van der Waals surface area contributed by atoms with Crippen LogP contribution < -0.4 is 9.47 Å². The number of rotatable bonds is 7. The molecule has 7 rings (SSSR count). The summed E-state index contributed by atoms with van der Waals surface area (Å²) in [6.45, 7) is 4.72. The molecule has 2 atom stereocenters. The van der Waals surface area contributed by atoms with Crippen molar-refractivity contribution < 1.29 is 18.9 Å². The van der Waals surface area contributed by atoms with Gasteiger partial charge in [-0.2, -0.15) is 0 Å². The highest BCUT2D eigenvalue weighted by atomic mass is 35.5. The van der Waals surface area contributed by atoms with E-state index in [4.69, 9.17) is 40.9 Å². The van der Waals surface area contributed by atoms with E-state index in [0.717, 1.165) is 86.0 Å². The van der Waals surface area contributed by atoms with Crippen molar-refractivity contribution in [3.05, 3.63) is 82.4 Å². The van der Waals surface area contributed by atoms with E-state index in [1.807, 2.05) is 36.4 Å². The number of ether oxygens (including phenoxy) is 4. The maximum absolute atomic E-state index is 8.01. The maximum Gasteiger partial charge on any atom is 0.232 e. The van der Waals surface area contributed by atoms with Crippen molar-refractivity contribution >= 4 is 28.5 Å². The smallest absolute Gasteiger partial charge is 0.232 e. The van der Waals surface area contributed by atoms with Crippen LogP contribution in [0.2, 0.25) is 5.02 Å². The number of halogens is 1. The standard InChI is InChI=1S/C32H34ClN5O4/c1-39-32(34)26-15-25-27(16-35-26)38(17-23-11-14-40-23)30(36-25)18-37-12-9-20(10-13-37)24-3-2-4-28-31(24)41-19-29(42-28)21-5-7-22(33)8-6-21/h2-8,15-16,20,23,29,34H,9-14,17-19H2,1H3/t23-,29-/m0/s1. The van der Waals surface area contributed by atoms with Crippen molar-refractivity contribution in [2.45, 2.75) is 50.5 Å². The zero-order chi connectivity index (χ0) is 28.6. The summed E-state index contributed by atoms with van der Waals surface area (Å²) < 4.78 is 25.8. The summed E-state index contributed by atoms with van der Waals surface area (Å²) in [6, 6.07) is 15.9. The third-order valence-corrected chi connectivity index (χ3v) is 8.87. The molecule has 0 amide bonds. The van der Waals surface area contributed by atoms with Gasteiger partial charge in [-0.15, -0.1) is 0 Å². The molecular weight excluding hydrogens is 554 g/mol. The molecule has 9 nitrogen and oxygen atoms in total. The molecule has 0 radical (unpaired) electrons. The zero-order valence-electron chi connectivity index (χ0n) is 23.6. The van der Waals surface area contributed by atoms with Crippen LogP contribution in [0.25, 0.3) is 11.0 Å². The van der Waals surface area contributed by atoms with Crippen LogP contribution in [0.1, 0.15) is 53.9 Å². The Balaban J connectivity index is 1.05. The van der Waals surface area contributed by atoms with Gasteiger partial charge in [0.15, 0.2) is 17.6 Å². The van der Waals surface area contributed by atoms with Crippen LogP contribution in [0.3, 0.4) is 0 Å². The average molecular weight is 588 g/mol. The molecule has 10 heteroatoms. The number of nitrogens with one attached hydrogen (secondary N) is 1. The normalized spacial score (nSPS) is 20.8. The molecule has 0 aliphatic carbocycles. The predicted octanol–water partition coefficient (Wildman–Crippen LogP) is 5.74. The van der Waals surface area contributed by atoms with Gasteiger partial charge in [0.05, 0.1) is 43.5 Å². The minimum Gasteiger partial charge on any atom is -0.485 e. The molecule has 42 heavy (non-hydrogen) atoms. The lowest BCUT2D eigenvalue weighted by molar-refractivity contribution is -0.0592. The lowest BCUT2D eigenvalue weighted by Gasteiger charge is -2.35. The second kappa shape index (κ2) is 11.6. The highest BCUT2D eigenvalue weighted by Gasteiger charge is 2.30. The summed E-state index contributed by atoms with van der Waals surface area (Å²) >= 11 is 6.07. The van der Waals surface area contributed by atoms with Crippen LogP contribution >= 0.6 is 11.6 Å². The van der Waals surface area contributed by atoms with Crippen molar-refractivity contribution in [1.82, 2.24) is 19.4 Å². The molecule has 1 N–H and O–H groups in total.